The summed E-state index contributed by atoms with van der Waals surface area (Å²) >= 11 is 0. The van der Waals surface area contributed by atoms with E-state index in [0.29, 0.717) is 0 Å². The van der Waals surface area contributed by atoms with Crippen LogP contribution in [0.1, 0.15) is 18.4 Å². The van der Waals surface area contributed by atoms with E-state index < -0.39 is 11.7 Å². The summed E-state index contributed by atoms with van der Waals surface area (Å²) in [6.07, 6.45) is -2.05. The van der Waals surface area contributed by atoms with Crippen molar-refractivity contribution in [3.63, 3.8) is 0 Å². The van der Waals surface area contributed by atoms with E-state index in [-0.39, 0.29) is 0 Å². The van der Waals surface area contributed by atoms with Crippen molar-refractivity contribution in [1.82, 2.24) is 0 Å². The Morgan fingerprint density at radius 2 is 1.80 bits per heavy atom. The number of benzene rings is 1. The highest BCUT2D eigenvalue weighted by molar-refractivity contribution is 5.47. The molecule has 1 nitrogen and oxygen atoms in total. The number of anilines is 1. The largest absolute Gasteiger partial charge is 0.416 e. The molecule has 0 bridgehead atoms. The van der Waals surface area contributed by atoms with Gasteiger partial charge in [-0.25, -0.2) is 0 Å². The van der Waals surface area contributed by atoms with E-state index in [1.54, 1.807) is 0 Å². The fourth-order valence-electron chi connectivity index (χ4n) is 1.75. The second-order valence-corrected chi connectivity index (χ2v) is 3.65. The van der Waals surface area contributed by atoms with Crippen molar-refractivity contribution in [2.24, 2.45) is 0 Å². The van der Waals surface area contributed by atoms with Crippen LogP contribution in [0.3, 0.4) is 0 Å². The quantitative estimate of drug-likeness (QED) is 0.694. The third kappa shape index (κ3) is 2.25. The predicted molar refractivity (Wildman–Crippen MR) is 51.7 cm³/mol. The zero-order valence-electron chi connectivity index (χ0n) is 8.14. The fraction of sp³-hybridized carbons (Fsp3) is 0.455. The smallest absolute Gasteiger partial charge is 0.371 e. The minimum Gasteiger partial charge on any atom is -0.371 e. The van der Waals surface area contributed by atoms with Gasteiger partial charge in [-0.1, -0.05) is 0 Å². The summed E-state index contributed by atoms with van der Waals surface area (Å²) in [5, 5.41) is 0. The molecule has 1 aromatic carbocycles. The molecular weight excluding hydrogens is 203 g/mol. The van der Waals surface area contributed by atoms with E-state index in [4.69, 9.17) is 0 Å². The Kier molecular flexibility index (Phi) is 2.59. The van der Waals surface area contributed by atoms with Crippen LogP contribution in [0.4, 0.5) is 18.9 Å². The molecule has 0 aliphatic carbocycles. The Balaban J connectivity index is 2.16. The summed E-state index contributed by atoms with van der Waals surface area (Å²) in [4.78, 5) is 2.06. The van der Waals surface area contributed by atoms with Crippen molar-refractivity contribution in [2.75, 3.05) is 18.0 Å². The van der Waals surface area contributed by atoms with Crippen LogP contribution in [0.25, 0.3) is 0 Å². The highest BCUT2D eigenvalue weighted by Crippen LogP contribution is 2.30. The Hall–Kier alpha value is -1.19. The van der Waals surface area contributed by atoms with Gasteiger partial charge in [-0.2, -0.15) is 13.2 Å². The SMILES string of the molecule is FC(F)(F)c1c[c]c(N2CCCC2)cc1. The van der Waals surface area contributed by atoms with Gasteiger partial charge >= 0.3 is 6.18 Å². The lowest BCUT2D eigenvalue weighted by atomic mass is 10.2. The third-order valence-corrected chi connectivity index (χ3v) is 2.57. The first-order chi connectivity index (χ1) is 7.07. The molecule has 0 unspecified atom stereocenters. The summed E-state index contributed by atoms with van der Waals surface area (Å²) in [6, 6.07) is 6.32. The molecule has 0 saturated carbocycles. The lowest BCUT2D eigenvalue weighted by Crippen LogP contribution is -2.17. The molecule has 1 saturated heterocycles. The van der Waals surface area contributed by atoms with Crippen molar-refractivity contribution in [1.29, 1.82) is 0 Å². The first kappa shape index (κ1) is 10.3. The summed E-state index contributed by atoms with van der Waals surface area (Å²) in [7, 11) is 0. The van der Waals surface area contributed by atoms with Crippen LogP contribution in [0.5, 0.6) is 0 Å². The summed E-state index contributed by atoms with van der Waals surface area (Å²) in [5.74, 6) is 0. The highest BCUT2D eigenvalue weighted by Gasteiger charge is 2.30. The first-order valence-corrected chi connectivity index (χ1v) is 4.91. The molecule has 1 aliphatic heterocycles. The minimum atomic E-state index is -4.26. The summed E-state index contributed by atoms with van der Waals surface area (Å²) < 4.78 is 36.8. The van der Waals surface area contributed by atoms with Crippen molar-refractivity contribution in [3.8, 4) is 0 Å². The van der Waals surface area contributed by atoms with Crippen molar-refractivity contribution in [3.05, 3.63) is 29.8 Å². The van der Waals surface area contributed by atoms with E-state index in [1.165, 1.54) is 6.07 Å². The van der Waals surface area contributed by atoms with E-state index in [9.17, 15) is 13.2 Å². The Labute approximate surface area is 86.5 Å². The van der Waals surface area contributed by atoms with Gasteiger partial charge in [0.15, 0.2) is 0 Å². The Morgan fingerprint density at radius 3 is 2.27 bits per heavy atom. The van der Waals surface area contributed by atoms with E-state index in [2.05, 4.69) is 11.0 Å². The molecule has 0 aromatic heterocycles. The average Bonchev–Trinajstić information content (AvgIpc) is 2.69. The zero-order valence-corrected chi connectivity index (χ0v) is 8.14. The maximum Gasteiger partial charge on any atom is 0.416 e. The number of hydrogen-bond acceptors (Lipinski definition) is 1. The molecule has 81 valence electrons. The van der Waals surface area contributed by atoms with Crippen molar-refractivity contribution >= 4 is 5.69 Å². The van der Waals surface area contributed by atoms with Crippen molar-refractivity contribution < 1.29 is 13.2 Å². The van der Waals surface area contributed by atoms with Gasteiger partial charge in [0.25, 0.3) is 0 Å². The van der Waals surface area contributed by atoms with Gasteiger partial charge in [0.05, 0.1) is 5.56 Å². The zero-order chi connectivity index (χ0) is 10.9. The van der Waals surface area contributed by atoms with E-state index in [1.807, 2.05) is 0 Å². The molecule has 0 atom stereocenters. The van der Waals surface area contributed by atoms with Gasteiger partial charge in [0.2, 0.25) is 0 Å². The molecule has 1 aromatic rings. The lowest BCUT2D eigenvalue weighted by molar-refractivity contribution is -0.137. The van der Waals surface area contributed by atoms with Crippen molar-refractivity contribution in [2.45, 2.75) is 19.0 Å². The number of alkyl halides is 3. The summed E-state index contributed by atoms with van der Waals surface area (Å²) in [5.41, 5.74) is 0.131. The number of nitrogens with zero attached hydrogens (tertiary/aromatic N) is 1. The van der Waals surface area contributed by atoms with Gasteiger partial charge in [-0.05, 0) is 31.0 Å². The molecule has 0 spiro atoms. The molecule has 4 heteroatoms. The van der Waals surface area contributed by atoms with Crippen LogP contribution in [0.2, 0.25) is 0 Å². The van der Waals surface area contributed by atoms with Crippen LogP contribution in [-0.2, 0) is 6.18 Å². The molecule has 15 heavy (non-hydrogen) atoms. The molecule has 1 fully saturated rings. The Morgan fingerprint density at radius 1 is 1.13 bits per heavy atom. The Bertz CT molecular complexity index is 323. The minimum absolute atomic E-state index is 0.634. The van der Waals surface area contributed by atoms with E-state index in [0.717, 1.165) is 43.8 Å². The molecule has 1 heterocycles. The van der Waals surface area contributed by atoms with Gasteiger partial charge in [0, 0.05) is 24.8 Å². The van der Waals surface area contributed by atoms with Gasteiger partial charge < -0.3 is 4.90 Å². The normalized spacial score (nSPS) is 17.1. The lowest BCUT2D eigenvalue weighted by Gasteiger charge is -2.17. The first-order valence-electron chi connectivity index (χ1n) is 4.91. The van der Waals surface area contributed by atoms with Crippen LogP contribution in [-0.4, -0.2) is 13.1 Å². The molecule has 1 radical (unpaired) electrons. The maximum absolute atomic E-state index is 12.3. The van der Waals surface area contributed by atoms with Crippen LogP contribution >= 0.6 is 0 Å². The monoisotopic (exact) mass is 214 g/mol. The van der Waals surface area contributed by atoms with Crippen LogP contribution in [0, 0.1) is 6.07 Å². The van der Waals surface area contributed by atoms with E-state index >= 15 is 0 Å². The number of halogens is 3. The molecule has 0 amide bonds. The van der Waals surface area contributed by atoms with Gasteiger partial charge in [0.1, 0.15) is 0 Å². The number of rotatable bonds is 1. The second-order valence-electron chi connectivity index (χ2n) is 3.65. The summed E-state index contributed by atoms with van der Waals surface area (Å²) in [6.45, 7) is 1.84. The molecule has 0 N–H and O–H groups in total. The third-order valence-electron chi connectivity index (χ3n) is 2.57. The number of hydrogen-bond donors (Lipinski definition) is 0. The van der Waals surface area contributed by atoms with Gasteiger partial charge in [-0.15, -0.1) is 0 Å². The van der Waals surface area contributed by atoms with Gasteiger partial charge in [-0.3, -0.25) is 0 Å². The van der Waals surface area contributed by atoms with Crippen LogP contribution in [0.15, 0.2) is 18.2 Å². The molecule has 2 rings (SSSR count). The molecule has 1 aliphatic rings. The average molecular weight is 214 g/mol. The van der Waals surface area contributed by atoms with Crippen LogP contribution < -0.4 is 4.90 Å². The maximum atomic E-state index is 12.3. The fourth-order valence-corrected chi connectivity index (χ4v) is 1.75. The highest BCUT2D eigenvalue weighted by atomic mass is 19.4. The second kappa shape index (κ2) is 3.76. The predicted octanol–water partition coefficient (Wildman–Crippen LogP) is 3.11. The topological polar surface area (TPSA) is 3.24 Å². The molecular formula is C11H11F3N. The standard InChI is InChI=1S/C11H11F3N/c12-11(13,14)9-3-5-10(6-4-9)15-7-1-2-8-15/h3-5H,1-2,7-8H2.